The molecule has 198 valence electrons. The van der Waals surface area contributed by atoms with Gasteiger partial charge in [-0.1, -0.05) is 37.3 Å². The molecule has 2 aromatic rings. The molecule has 1 N–H and O–H groups in total. The lowest BCUT2D eigenvalue weighted by molar-refractivity contribution is -0.139. The molecule has 36 heavy (non-hydrogen) atoms. The maximum absolute atomic E-state index is 13.6. The van der Waals surface area contributed by atoms with Gasteiger partial charge in [0.15, 0.2) is 11.5 Å². The van der Waals surface area contributed by atoms with Crippen LogP contribution in [0.2, 0.25) is 0 Å². The number of amides is 2. The molecule has 0 aliphatic heterocycles. The fraction of sp³-hybridized carbons (Fsp3) is 0.462. The van der Waals surface area contributed by atoms with E-state index in [0.717, 1.165) is 22.5 Å². The molecule has 0 fully saturated rings. The van der Waals surface area contributed by atoms with Crippen molar-refractivity contribution in [3.05, 3.63) is 54.1 Å². The smallest absolute Gasteiger partial charge is 0.244 e. The predicted octanol–water partition coefficient (Wildman–Crippen LogP) is 2.84. The van der Waals surface area contributed by atoms with Crippen LogP contribution in [0.5, 0.6) is 11.5 Å². The third-order valence-corrected chi connectivity index (χ3v) is 7.13. The van der Waals surface area contributed by atoms with Crippen molar-refractivity contribution in [1.82, 2.24) is 10.2 Å². The van der Waals surface area contributed by atoms with Crippen LogP contribution in [-0.2, 0) is 26.0 Å². The topological polar surface area (TPSA) is 105 Å². The SMILES string of the molecule is CC[C@H](C)NC(=O)[C@H](C)N(CCc1ccccc1)C(=O)CN(c1ccc(OC)c(OC)c1)S(C)(=O)=O. The molecule has 10 heteroatoms. The summed E-state index contributed by atoms with van der Waals surface area (Å²) in [6, 6.07) is 13.4. The molecule has 0 saturated heterocycles. The number of carbonyl (C=O) groups is 2. The second kappa shape index (κ2) is 13.2. The number of carbonyl (C=O) groups excluding carboxylic acids is 2. The van der Waals surface area contributed by atoms with Crippen LogP contribution in [0, 0.1) is 0 Å². The molecular weight excluding hydrogens is 482 g/mol. The number of ether oxygens (including phenoxy) is 2. The van der Waals surface area contributed by atoms with Crippen LogP contribution in [0.3, 0.4) is 0 Å². The Labute approximate surface area is 214 Å². The lowest BCUT2D eigenvalue weighted by Gasteiger charge is -2.32. The number of nitrogens with zero attached hydrogens (tertiary/aromatic N) is 2. The van der Waals surface area contributed by atoms with Crippen molar-refractivity contribution in [3.63, 3.8) is 0 Å². The first-order chi connectivity index (χ1) is 17.0. The first-order valence-corrected chi connectivity index (χ1v) is 13.7. The van der Waals surface area contributed by atoms with Gasteiger partial charge in [-0.15, -0.1) is 0 Å². The average molecular weight is 520 g/mol. The largest absolute Gasteiger partial charge is 0.493 e. The number of methoxy groups -OCH3 is 2. The summed E-state index contributed by atoms with van der Waals surface area (Å²) < 4.78 is 37.0. The molecule has 0 unspecified atom stereocenters. The Balaban J connectivity index is 2.36. The zero-order chi connectivity index (χ0) is 26.9. The Morgan fingerprint density at radius 2 is 1.64 bits per heavy atom. The maximum atomic E-state index is 13.6. The van der Waals surface area contributed by atoms with Crippen molar-refractivity contribution in [1.29, 1.82) is 0 Å². The zero-order valence-electron chi connectivity index (χ0n) is 21.9. The number of rotatable bonds is 13. The number of sulfonamides is 1. The normalized spacial score (nSPS) is 12.8. The van der Waals surface area contributed by atoms with Gasteiger partial charge in [0, 0.05) is 18.7 Å². The summed E-state index contributed by atoms with van der Waals surface area (Å²) in [6.45, 7) is 5.29. The second-order valence-electron chi connectivity index (χ2n) is 8.63. The highest BCUT2D eigenvalue weighted by Crippen LogP contribution is 2.32. The lowest BCUT2D eigenvalue weighted by Crippen LogP contribution is -2.53. The van der Waals surface area contributed by atoms with Crippen LogP contribution in [0.25, 0.3) is 0 Å². The molecule has 0 bridgehead atoms. The van der Waals surface area contributed by atoms with Crippen molar-refractivity contribution in [2.75, 3.05) is 37.9 Å². The lowest BCUT2D eigenvalue weighted by atomic mass is 10.1. The van der Waals surface area contributed by atoms with Gasteiger partial charge >= 0.3 is 0 Å². The minimum absolute atomic E-state index is 0.0506. The van der Waals surface area contributed by atoms with Gasteiger partial charge in [0.1, 0.15) is 12.6 Å². The number of anilines is 1. The van der Waals surface area contributed by atoms with Crippen LogP contribution in [0.1, 0.15) is 32.8 Å². The van der Waals surface area contributed by atoms with Gasteiger partial charge in [0.25, 0.3) is 0 Å². The molecule has 0 heterocycles. The zero-order valence-corrected chi connectivity index (χ0v) is 22.7. The molecule has 2 amide bonds. The van der Waals surface area contributed by atoms with E-state index >= 15 is 0 Å². The monoisotopic (exact) mass is 519 g/mol. The summed E-state index contributed by atoms with van der Waals surface area (Å²) in [5.74, 6) is -0.0140. The number of nitrogens with one attached hydrogen (secondary N) is 1. The van der Waals surface area contributed by atoms with Crippen LogP contribution < -0.4 is 19.1 Å². The van der Waals surface area contributed by atoms with Crippen LogP contribution in [0.4, 0.5) is 5.69 Å². The van der Waals surface area contributed by atoms with Gasteiger partial charge in [-0.2, -0.15) is 0 Å². The molecule has 0 aliphatic carbocycles. The van der Waals surface area contributed by atoms with Crippen LogP contribution in [-0.4, -0.2) is 70.8 Å². The summed E-state index contributed by atoms with van der Waals surface area (Å²) in [7, 11) is -0.915. The molecule has 0 aromatic heterocycles. The first kappa shape index (κ1) is 29.0. The third-order valence-electron chi connectivity index (χ3n) is 5.99. The highest BCUT2D eigenvalue weighted by molar-refractivity contribution is 7.92. The van der Waals surface area contributed by atoms with Crippen molar-refractivity contribution >= 4 is 27.5 Å². The van der Waals surface area contributed by atoms with Gasteiger partial charge < -0.3 is 19.7 Å². The van der Waals surface area contributed by atoms with Crippen molar-refractivity contribution < 1.29 is 27.5 Å². The van der Waals surface area contributed by atoms with Crippen molar-refractivity contribution in [2.45, 2.75) is 45.7 Å². The number of hydrogen-bond donors (Lipinski definition) is 1. The van der Waals surface area contributed by atoms with E-state index in [-0.39, 0.29) is 24.2 Å². The number of hydrogen-bond acceptors (Lipinski definition) is 6. The molecule has 2 atom stereocenters. The summed E-state index contributed by atoms with van der Waals surface area (Å²) in [5, 5.41) is 2.91. The highest BCUT2D eigenvalue weighted by atomic mass is 32.2. The third kappa shape index (κ3) is 7.87. The average Bonchev–Trinajstić information content (AvgIpc) is 2.86. The Bertz CT molecular complexity index is 1120. The van der Waals surface area contributed by atoms with E-state index in [1.54, 1.807) is 19.1 Å². The molecule has 0 saturated carbocycles. The summed E-state index contributed by atoms with van der Waals surface area (Å²) in [5.41, 5.74) is 1.26. The van der Waals surface area contributed by atoms with Crippen LogP contribution in [0.15, 0.2) is 48.5 Å². The Kier molecular flexibility index (Phi) is 10.6. The molecular formula is C26H37N3O6S. The van der Waals surface area contributed by atoms with Crippen molar-refractivity contribution in [2.24, 2.45) is 0 Å². The van der Waals surface area contributed by atoms with E-state index in [1.807, 2.05) is 44.2 Å². The Hall–Kier alpha value is -3.27. The fourth-order valence-electron chi connectivity index (χ4n) is 3.63. The van der Waals surface area contributed by atoms with E-state index in [4.69, 9.17) is 9.47 Å². The fourth-order valence-corrected chi connectivity index (χ4v) is 4.47. The summed E-state index contributed by atoms with van der Waals surface area (Å²) >= 11 is 0. The molecule has 2 rings (SSSR count). The van der Waals surface area contributed by atoms with E-state index < -0.39 is 28.5 Å². The Morgan fingerprint density at radius 3 is 2.19 bits per heavy atom. The van der Waals surface area contributed by atoms with Gasteiger partial charge in [-0.3, -0.25) is 13.9 Å². The molecule has 0 radical (unpaired) electrons. The van der Waals surface area contributed by atoms with E-state index in [0.29, 0.717) is 17.9 Å². The Morgan fingerprint density at radius 1 is 1.00 bits per heavy atom. The maximum Gasteiger partial charge on any atom is 0.244 e. The van der Waals surface area contributed by atoms with E-state index in [2.05, 4.69) is 5.32 Å². The quantitative estimate of drug-likeness (QED) is 0.436. The minimum Gasteiger partial charge on any atom is -0.493 e. The summed E-state index contributed by atoms with van der Waals surface area (Å²) in [4.78, 5) is 27.9. The molecule has 0 aliphatic rings. The second-order valence-corrected chi connectivity index (χ2v) is 10.5. The predicted molar refractivity (Wildman–Crippen MR) is 141 cm³/mol. The highest BCUT2D eigenvalue weighted by Gasteiger charge is 2.30. The molecule has 2 aromatic carbocycles. The van der Waals surface area contributed by atoms with Gasteiger partial charge in [0.05, 0.1) is 26.2 Å². The first-order valence-electron chi connectivity index (χ1n) is 11.8. The summed E-state index contributed by atoms with van der Waals surface area (Å²) in [6.07, 6.45) is 2.30. The van der Waals surface area contributed by atoms with Crippen molar-refractivity contribution in [3.8, 4) is 11.5 Å². The van der Waals surface area contributed by atoms with Gasteiger partial charge in [-0.25, -0.2) is 8.42 Å². The van der Waals surface area contributed by atoms with Gasteiger partial charge in [-0.05, 0) is 44.4 Å². The number of benzene rings is 2. The molecule has 9 nitrogen and oxygen atoms in total. The van der Waals surface area contributed by atoms with Gasteiger partial charge in [0.2, 0.25) is 21.8 Å². The minimum atomic E-state index is -3.84. The van der Waals surface area contributed by atoms with E-state index in [9.17, 15) is 18.0 Å². The van der Waals surface area contributed by atoms with E-state index in [1.165, 1.54) is 25.2 Å². The van der Waals surface area contributed by atoms with Crippen LogP contribution >= 0.6 is 0 Å². The molecule has 0 spiro atoms. The standard InChI is InChI=1S/C26H37N3O6S/c1-7-19(2)27-26(31)20(3)28(16-15-21-11-9-8-10-12-21)25(30)18-29(36(6,32)33)22-13-14-23(34-4)24(17-22)35-5/h8-14,17,19-20H,7,15-16,18H2,1-6H3,(H,27,31)/t19-,20-/m0/s1.